The first kappa shape index (κ1) is 27.8. The predicted molar refractivity (Wildman–Crippen MR) is 150 cm³/mol. The monoisotopic (exact) mass is 527 g/mol. The minimum atomic E-state index is -0.862. The van der Waals surface area contributed by atoms with Gasteiger partial charge in [0, 0.05) is 43.8 Å². The third-order valence-corrected chi connectivity index (χ3v) is 7.74. The first-order chi connectivity index (χ1) is 18.9. The Morgan fingerprint density at radius 3 is 2.23 bits per heavy atom. The van der Waals surface area contributed by atoms with Gasteiger partial charge in [0.2, 0.25) is 5.91 Å². The van der Waals surface area contributed by atoms with E-state index in [0.29, 0.717) is 25.5 Å². The van der Waals surface area contributed by atoms with Gasteiger partial charge in [-0.1, -0.05) is 67.6 Å². The lowest BCUT2D eigenvalue weighted by molar-refractivity contribution is -0.141. The maximum atomic E-state index is 12.7. The zero-order valence-electron chi connectivity index (χ0n) is 22.9. The van der Waals surface area contributed by atoms with Crippen LogP contribution in [0.2, 0.25) is 0 Å². The van der Waals surface area contributed by atoms with Gasteiger partial charge in [-0.2, -0.15) is 0 Å². The van der Waals surface area contributed by atoms with Crippen molar-refractivity contribution in [3.05, 3.63) is 108 Å². The van der Waals surface area contributed by atoms with Crippen molar-refractivity contribution in [1.29, 1.82) is 0 Å². The van der Waals surface area contributed by atoms with E-state index in [0.717, 1.165) is 35.5 Å². The fourth-order valence-electron chi connectivity index (χ4n) is 5.39. The van der Waals surface area contributed by atoms with Crippen LogP contribution in [0.25, 0.3) is 0 Å². The lowest BCUT2D eigenvalue weighted by Gasteiger charge is -2.32. The second kappa shape index (κ2) is 12.6. The molecule has 2 atom stereocenters. The van der Waals surface area contributed by atoms with Crippen LogP contribution >= 0.6 is 0 Å². The molecule has 1 aliphatic rings. The predicted octanol–water partition coefficient (Wildman–Crippen LogP) is 4.22. The van der Waals surface area contributed by atoms with Gasteiger partial charge in [0.15, 0.2) is 0 Å². The number of esters is 1. The number of aryl methyl sites for hydroxylation is 3. The molecule has 1 aliphatic heterocycles. The van der Waals surface area contributed by atoms with Crippen molar-refractivity contribution >= 4 is 11.9 Å². The van der Waals surface area contributed by atoms with Gasteiger partial charge >= 0.3 is 5.97 Å². The van der Waals surface area contributed by atoms with E-state index in [1.54, 1.807) is 12.5 Å². The van der Waals surface area contributed by atoms with Crippen LogP contribution in [0.5, 0.6) is 0 Å². The van der Waals surface area contributed by atoms with Crippen LogP contribution in [0, 0.1) is 18.8 Å². The molecule has 0 unspecified atom stereocenters. The Morgan fingerprint density at radius 2 is 1.74 bits per heavy atom. The largest absolute Gasteiger partial charge is 0.465 e. The number of primary amides is 1. The van der Waals surface area contributed by atoms with Gasteiger partial charge < -0.3 is 19.6 Å². The Balaban J connectivity index is 0.000000202. The van der Waals surface area contributed by atoms with E-state index < -0.39 is 5.41 Å². The molecule has 4 aromatic rings. The first-order valence-electron chi connectivity index (χ1n) is 13.4. The van der Waals surface area contributed by atoms with Crippen molar-refractivity contribution in [2.45, 2.75) is 45.1 Å². The second-order valence-corrected chi connectivity index (χ2v) is 10.0. The Kier molecular flexibility index (Phi) is 8.96. The minimum absolute atomic E-state index is 0.0373. The SMILES string of the molecule is CC[C@@H]1C(=O)OC[C@@H]1Cc1cncn1C.Cc1nccn1CCC(C(N)=O)(c1ccccc1)c1ccccc1. The number of carbonyl (C=O) groups excluding carboxylic acids is 2. The smallest absolute Gasteiger partial charge is 0.309 e. The Bertz CT molecular complexity index is 1320. The highest BCUT2D eigenvalue weighted by molar-refractivity contribution is 5.90. The average Bonchev–Trinajstić information content (AvgIpc) is 3.66. The number of benzene rings is 2. The summed E-state index contributed by atoms with van der Waals surface area (Å²) in [5.74, 6) is 0.939. The highest BCUT2D eigenvalue weighted by Gasteiger charge is 2.40. The molecule has 0 radical (unpaired) electrons. The van der Waals surface area contributed by atoms with Gasteiger partial charge in [-0.3, -0.25) is 9.59 Å². The van der Waals surface area contributed by atoms with Crippen LogP contribution < -0.4 is 5.73 Å². The van der Waals surface area contributed by atoms with Gasteiger partial charge in [-0.15, -0.1) is 0 Å². The molecular weight excluding hydrogens is 490 g/mol. The summed E-state index contributed by atoms with van der Waals surface area (Å²) in [5.41, 5.74) is 8.09. The molecule has 2 N–H and O–H groups in total. The molecule has 39 heavy (non-hydrogen) atoms. The van der Waals surface area contributed by atoms with E-state index >= 15 is 0 Å². The summed E-state index contributed by atoms with van der Waals surface area (Å²) in [6.07, 6.45) is 9.66. The summed E-state index contributed by atoms with van der Waals surface area (Å²) in [7, 11) is 1.97. The van der Waals surface area contributed by atoms with Crippen molar-refractivity contribution in [1.82, 2.24) is 19.1 Å². The number of amides is 1. The van der Waals surface area contributed by atoms with Crippen molar-refractivity contribution < 1.29 is 14.3 Å². The minimum Gasteiger partial charge on any atom is -0.465 e. The summed E-state index contributed by atoms with van der Waals surface area (Å²) in [4.78, 5) is 32.4. The quantitative estimate of drug-likeness (QED) is 0.328. The summed E-state index contributed by atoms with van der Waals surface area (Å²) in [5, 5.41) is 0. The van der Waals surface area contributed by atoms with Crippen molar-refractivity contribution in [3.63, 3.8) is 0 Å². The maximum absolute atomic E-state index is 12.7. The summed E-state index contributed by atoms with van der Waals surface area (Å²) in [6.45, 7) is 5.21. The molecule has 0 saturated carbocycles. The van der Waals surface area contributed by atoms with Crippen molar-refractivity contribution in [2.75, 3.05) is 6.61 Å². The molecule has 8 heteroatoms. The van der Waals surface area contributed by atoms with Gasteiger partial charge in [-0.05, 0) is 37.3 Å². The highest BCUT2D eigenvalue weighted by atomic mass is 16.5. The van der Waals surface area contributed by atoms with Gasteiger partial charge in [0.1, 0.15) is 11.2 Å². The number of rotatable bonds is 9. The van der Waals surface area contributed by atoms with Crippen molar-refractivity contribution in [3.8, 4) is 0 Å². The third-order valence-electron chi connectivity index (χ3n) is 7.74. The lowest BCUT2D eigenvalue weighted by atomic mass is 9.71. The number of nitrogens with two attached hydrogens (primary N) is 1. The van der Waals surface area contributed by atoms with Crippen LogP contribution in [0.3, 0.4) is 0 Å². The molecule has 8 nitrogen and oxygen atoms in total. The molecule has 1 saturated heterocycles. The van der Waals surface area contributed by atoms with E-state index in [-0.39, 0.29) is 17.8 Å². The normalized spacial score (nSPS) is 16.8. The van der Waals surface area contributed by atoms with E-state index in [1.165, 1.54) is 0 Å². The zero-order chi connectivity index (χ0) is 27.8. The summed E-state index contributed by atoms with van der Waals surface area (Å²) >= 11 is 0. The number of cyclic esters (lactones) is 1. The average molecular weight is 528 g/mol. The van der Waals surface area contributed by atoms with E-state index in [9.17, 15) is 9.59 Å². The van der Waals surface area contributed by atoms with Crippen LogP contribution in [0.1, 0.15) is 42.4 Å². The number of hydrogen-bond donors (Lipinski definition) is 1. The number of nitrogens with zero attached hydrogens (tertiary/aromatic N) is 4. The van der Waals surface area contributed by atoms with Gasteiger partial charge in [-0.25, -0.2) is 9.97 Å². The molecule has 2 aromatic carbocycles. The topological polar surface area (TPSA) is 105 Å². The Hall–Kier alpha value is -4.20. The molecule has 0 aliphatic carbocycles. The number of aromatic nitrogens is 4. The summed E-state index contributed by atoms with van der Waals surface area (Å²) in [6, 6.07) is 19.5. The van der Waals surface area contributed by atoms with Crippen molar-refractivity contribution in [2.24, 2.45) is 24.6 Å². The van der Waals surface area contributed by atoms with E-state index in [4.69, 9.17) is 10.5 Å². The van der Waals surface area contributed by atoms with Crippen LogP contribution in [0.4, 0.5) is 0 Å². The Labute approximate surface area is 229 Å². The highest BCUT2D eigenvalue weighted by Crippen LogP contribution is 2.36. The van der Waals surface area contributed by atoms with Crippen LogP contribution in [-0.2, 0) is 39.8 Å². The van der Waals surface area contributed by atoms with Gasteiger partial charge in [0.05, 0.1) is 18.9 Å². The number of carbonyl (C=O) groups is 2. The lowest BCUT2D eigenvalue weighted by Crippen LogP contribution is -2.43. The van der Waals surface area contributed by atoms with Crippen LogP contribution in [-0.4, -0.2) is 37.6 Å². The molecule has 0 spiro atoms. The first-order valence-corrected chi connectivity index (χ1v) is 13.4. The molecule has 2 aromatic heterocycles. The molecule has 3 heterocycles. The maximum Gasteiger partial charge on any atom is 0.309 e. The molecule has 204 valence electrons. The zero-order valence-corrected chi connectivity index (χ0v) is 22.9. The standard InChI is InChI=1S/C20H21N3O.C11H16N2O2/c1-16-22-13-15-23(16)14-12-20(19(21)24,17-8-4-2-5-9-17)18-10-6-3-7-11-18;1-3-10-8(6-15-11(10)14)4-9-5-12-7-13(9)2/h2-11,13,15H,12,14H2,1H3,(H2,21,24);5,7-8,10H,3-4,6H2,1-2H3/t;8-,10-/m.0/s1. The van der Waals surface area contributed by atoms with E-state index in [2.05, 4.69) is 9.97 Å². The number of ether oxygens (including phenoxy) is 1. The Morgan fingerprint density at radius 1 is 1.10 bits per heavy atom. The third kappa shape index (κ3) is 6.11. The number of imidazole rings is 2. The van der Waals surface area contributed by atoms with Gasteiger partial charge in [0.25, 0.3) is 0 Å². The molecular formula is C31H37N5O3. The fraction of sp³-hybridized carbons (Fsp3) is 0.355. The van der Waals surface area contributed by atoms with Crippen LogP contribution in [0.15, 0.2) is 85.6 Å². The molecule has 1 fully saturated rings. The molecule has 0 bridgehead atoms. The molecule has 1 amide bonds. The second-order valence-electron chi connectivity index (χ2n) is 10.0. The fourth-order valence-corrected chi connectivity index (χ4v) is 5.39. The van der Waals surface area contributed by atoms with E-state index in [1.807, 2.05) is 103 Å². The molecule has 5 rings (SSSR count). The number of hydrogen-bond acceptors (Lipinski definition) is 5. The summed E-state index contributed by atoms with van der Waals surface area (Å²) < 4.78 is 9.13.